The molecule has 0 spiro atoms. The van der Waals surface area contributed by atoms with Gasteiger partial charge in [0.25, 0.3) is 0 Å². The fourth-order valence-corrected chi connectivity index (χ4v) is 4.92. The summed E-state index contributed by atoms with van der Waals surface area (Å²) in [6, 6.07) is 16.6. The van der Waals surface area contributed by atoms with Crippen LogP contribution in [0.1, 0.15) is 30.0 Å². The van der Waals surface area contributed by atoms with Crippen molar-refractivity contribution in [3.05, 3.63) is 65.7 Å². The molecule has 0 radical (unpaired) electrons. The highest BCUT2D eigenvalue weighted by Crippen LogP contribution is 2.37. The third-order valence-electron chi connectivity index (χ3n) is 4.30. The van der Waals surface area contributed by atoms with Gasteiger partial charge in [0.1, 0.15) is 0 Å². The smallest absolute Gasteiger partial charge is 0.207 e. The summed E-state index contributed by atoms with van der Waals surface area (Å²) in [6.45, 7) is 2.39. The van der Waals surface area contributed by atoms with Crippen LogP contribution in [0.5, 0.6) is 0 Å². The molecule has 0 aromatic heterocycles. The highest BCUT2D eigenvalue weighted by Gasteiger charge is 2.37. The van der Waals surface area contributed by atoms with Gasteiger partial charge in [0.05, 0.1) is 10.9 Å². The van der Waals surface area contributed by atoms with Crippen molar-refractivity contribution in [2.75, 3.05) is 6.54 Å². The maximum atomic E-state index is 13.1. The fourth-order valence-electron chi connectivity index (χ4n) is 3.01. The quantitative estimate of drug-likeness (QED) is 0.781. The van der Waals surface area contributed by atoms with Crippen LogP contribution in [-0.2, 0) is 10.0 Å². The predicted octanol–water partition coefficient (Wildman–Crippen LogP) is 4.13. The first-order chi connectivity index (χ1) is 11.0. The second-order valence-corrected chi connectivity index (χ2v) is 8.48. The van der Waals surface area contributed by atoms with E-state index in [1.807, 2.05) is 49.4 Å². The van der Waals surface area contributed by atoms with E-state index in [0.717, 1.165) is 11.1 Å². The van der Waals surface area contributed by atoms with Gasteiger partial charge in [0.2, 0.25) is 10.0 Å². The van der Waals surface area contributed by atoms with Gasteiger partial charge in [-0.3, -0.25) is 0 Å². The lowest BCUT2D eigenvalue weighted by Crippen LogP contribution is -2.41. The largest absolute Gasteiger partial charge is 0.243 e. The van der Waals surface area contributed by atoms with E-state index in [0.29, 0.717) is 24.3 Å². The van der Waals surface area contributed by atoms with Crippen molar-refractivity contribution in [1.82, 2.24) is 4.31 Å². The van der Waals surface area contributed by atoms with Gasteiger partial charge < -0.3 is 0 Å². The van der Waals surface area contributed by atoms with Gasteiger partial charge in [-0.1, -0.05) is 48.0 Å². The zero-order valence-corrected chi connectivity index (χ0v) is 14.6. The topological polar surface area (TPSA) is 37.4 Å². The van der Waals surface area contributed by atoms with E-state index in [2.05, 4.69) is 0 Å². The molecular formula is C18H20ClNO2S. The zero-order valence-electron chi connectivity index (χ0n) is 13.0. The Bertz CT molecular complexity index is 759. The molecular weight excluding hydrogens is 330 g/mol. The molecule has 1 aliphatic heterocycles. The average molecular weight is 350 g/mol. The van der Waals surface area contributed by atoms with Crippen LogP contribution in [0.15, 0.2) is 59.5 Å². The van der Waals surface area contributed by atoms with Gasteiger partial charge in [-0.05, 0) is 37.5 Å². The number of halogens is 1. The number of nitrogens with zero attached hydrogens (tertiary/aromatic N) is 1. The summed E-state index contributed by atoms with van der Waals surface area (Å²) in [5, 5.41) is 0.00433. The molecule has 0 unspecified atom stereocenters. The minimum absolute atomic E-state index is 0.00433. The molecule has 2 aromatic rings. The average Bonchev–Trinajstić information content (AvgIpc) is 2.56. The zero-order chi connectivity index (χ0) is 16.4. The molecule has 3 nitrogen and oxygen atoms in total. The van der Waals surface area contributed by atoms with Crippen molar-refractivity contribution in [1.29, 1.82) is 0 Å². The number of aryl methyl sites for hydroxylation is 1. The Balaban J connectivity index is 1.99. The van der Waals surface area contributed by atoms with E-state index < -0.39 is 10.0 Å². The standard InChI is InChI=1S/C18H20ClNO2S/c1-14-7-9-17(10-8-14)23(21,22)20-12-11-16(19)13-18(20)15-5-3-2-4-6-15/h2-10,16,18H,11-13H2,1H3/t16-,18+/m1/s1. The first kappa shape index (κ1) is 16.5. The molecule has 122 valence electrons. The van der Waals surface area contributed by atoms with Gasteiger partial charge in [0.15, 0.2) is 0 Å². The van der Waals surface area contributed by atoms with Crippen molar-refractivity contribution in [3.8, 4) is 0 Å². The Labute approximate surface area is 142 Å². The third kappa shape index (κ3) is 3.44. The third-order valence-corrected chi connectivity index (χ3v) is 6.62. The maximum Gasteiger partial charge on any atom is 0.243 e. The van der Waals surface area contributed by atoms with Crippen LogP contribution in [-0.4, -0.2) is 24.6 Å². The Morgan fingerprint density at radius 3 is 2.35 bits per heavy atom. The van der Waals surface area contributed by atoms with Gasteiger partial charge >= 0.3 is 0 Å². The van der Waals surface area contributed by atoms with Gasteiger partial charge in [0, 0.05) is 11.9 Å². The van der Waals surface area contributed by atoms with E-state index in [-0.39, 0.29) is 11.4 Å². The highest BCUT2D eigenvalue weighted by molar-refractivity contribution is 7.89. The van der Waals surface area contributed by atoms with Crippen LogP contribution in [0, 0.1) is 6.92 Å². The first-order valence-electron chi connectivity index (χ1n) is 7.76. The summed E-state index contributed by atoms with van der Waals surface area (Å²) in [4.78, 5) is 0.344. The lowest BCUT2D eigenvalue weighted by Gasteiger charge is -2.37. The molecule has 0 aliphatic carbocycles. The van der Waals surface area contributed by atoms with Gasteiger partial charge in [-0.25, -0.2) is 8.42 Å². The van der Waals surface area contributed by atoms with Crippen LogP contribution in [0.3, 0.4) is 0 Å². The molecule has 2 atom stereocenters. The number of hydrogen-bond acceptors (Lipinski definition) is 2. The van der Waals surface area contributed by atoms with Crippen molar-refractivity contribution < 1.29 is 8.42 Å². The summed E-state index contributed by atoms with van der Waals surface area (Å²) < 4.78 is 27.7. The molecule has 0 N–H and O–H groups in total. The summed E-state index contributed by atoms with van der Waals surface area (Å²) in [5.74, 6) is 0. The molecule has 2 aromatic carbocycles. The molecule has 0 bridgehead atoms. The fraction of sp³-hybridized carbons (Fsp3) is 0.333. The Kier molecular flexibility index (Phi) is 4.76. The summed E-state index contributed by atoms with van der Waals surface area (Å²) in [7, 11) is -3.52. The SMILES string of the molecule is Cc1ccc(S(=O)(=O)N2CC[C@@H](Cl)C[C@H]2c2ccccc2)cc1. The van der Waals surface area contributed by atoms with Gasteiger partial charge in [-0.2, -0.15) is 4.31 Å². The molecule has 1 aliphatic rings. The number of piperidine rings is 1. The molecule has 3 rings (SSSR count). The second kappa shape index (κ2) is 6.63. The van der Waals surface area contributed by atoms with Crippen molar-refractivity contribution in [3.63, 3.8) is 0 Å². The number of benzene rings is 2. The molecule has 0 amide bonds. The summed E-state index contributed by atoms with van der Waals surface area (Å²) in [5.41, 5.74) is 2.04. The van der Waals surface area contributed by atoms with Gasteiger partial charge in [-0.15, -0.1) is 11.6 Å². The number of sulfonamides is 1. The second-order valence-electron chi connectivity index (χ2n) is 5.98. The molecule has 1 saturated heterocycles. The van der Waals surface area contributed by atoms with E-state index in [1.165, 1.54) is 0 Å². The minimum atomic E-state index is -3.52. The van der Waals surface area contributed by atoms with E-state index in [4.69, 9.17) is 11.6 Å². The minimum Gasteiger partial charge on any atom is -0.207 e. The lowest BCUT2D eigenvalue weighted by molar-refractivity contribution is 0.259. The van der Waals surface area contributed by atoms with E-state index in [9.17, 15) is 8.42 Å². The molecule has 23 heavy (non-hydrogen) atoms. The number of alkyl halides is 1. The highest BCUT2D eigenvalue weighted by atomic mass is 35.5. The van der Waals surface area contributed by atoms with Crippen LogP contribution in [0.4, 0.5) is 0 Å². The maximum absolute atomic E-state index is 13.1. The van der Waals surface area contributed by atoms with Crippen molar-refractivity contribution >= 4 is 21.6 Å². The van der Waals surface area contributed by atoms with Crippen molar-refractivity contribution in [2.45, 2.75) is 36.1 Å². The van der Waals surface area contributed by atoms with E-state index in [1.54, 1.807) is 16.4 Å². The van der Waals surface area contributed by atoms with Crippen LogP contribution in [0.2, 0.25) is 0 Å². The Morgan fingerprint density at radius 1 is 1.04 bits per heavy atom. The summed E-state index contributed by atoms with van der Waals surface area (Å²) in [6.07, 6.45) is 1.31. The van der Waals surface area contributed by atoms with Crippen LogP contribution in [0.25, 0.3) is 0 Å². The molecule has 0 saturated carbocycles. The van der Waals surface area contributed by atoms with Crippen molar-refractivity contribution in [2.24, 2.45) is 0 Å². The Morgan fingerprint density at radius 2 is 1.70 bits per heavy atom. The van der Waals surface area contributed by atoms with Crippen LogP contribution >= 0.6 is 11.6 Å². The molecule has 1 heterocycles. The number of rotatable bonds is 3. The lowest BCUT2D eigenvalue weighted by atomic mass is 9.97. The predicted molar refractivity (Wildman–Crippen MR) is 93.1 cm³/mol. The summed E-state index contributed by atoms with van der Waals surface area (Å²) >= 11 is 6.32. The van der Waals surface area contributed by atoms with E-state index >= 15 is 0 Å². The normalized spacial score (nSPS) is 22.9. The monoisotopic (exact) mass is 349 g/mol. The first-order valence-corrected chi connectivity index (χ1v) is 9.63. The molecule has 1 fully saturated rings. The van der Waals surface area contributed by atoms with Crippen LogP contribution < -0.4 is 0 Å². The Hall–Kier alpha value is -1.36. The molecule has 5 heteroatoms. The number of hydrogen-bond donors (Lipinski definition) is 0.